The molecule has 0 aliphatic heterocycles. The van der Waals surface area contributed by atoms with Gasteiger partial charge in [-0.2, -0.15) is 5.26 Å². The van der Waals surface area contributed by atoms with E-state index < -0.39 is 0 Å². The van der Waals surface area contributed by atoms with Crippen LogP contribution >= 0.6 is 11.6 Å². The Hall–Kier alpha value is -1.24. The summed E-state index contributed by atoms with van der Waals surface area (Å²) in [4.78, 5) is 0. The first-order valence-corrected chi connectivity index (χ1v) is 6.84. The zero-order chi connectivity index (χ0) is 14.3. The molecule has 0 fully saturated rings. The molecule has 0 saturated heterocycles. The molecule has 104 valence electrons. The van der Waals surface area contributed by atoms with E-state index in [0.717, 1.165) is 24.2 Å². The third-order valence-electron chi connectivity index (χ3n) is 2.94. The molecule has 1 N–H and O–H groups in total. The van der Waals surface area contributed by atoms with E-state index in [2.05, 4.69) is 11.4 Å². The van der Waals surface area contributed by atoms with Crippen LogP contribution in [0.5, 0.6) is 5.75 Å². The van der Waals surface area contributed by atoms with Crippen LogP contribution in [0.4, 0.5) is 0 Å². The molecule has 19 heavy (non-hydrogen) atoms. The Kier molecular flexibility index (Phi) is 6.14. The first kappa shape index (κ1) is 15.8. The molecule has 1 aromatic carbocycles. The third kappa shape index (κ3) is 5.10. The highest BCUT2D eigenvalue weighted by atomic mass is 35.5. The third-order valence-corrected chi connectivity index (χ3v) is 3.29. The molecule has 0 heterocycles. The van der Waals surface area contributed by atoms with E-state index in [9.17, 15) is 0 Å². The van der Waals surface area contributed by atoms with Gasteiger partial charge < -0.3 is 10.1 Å². The Labute approximate surface area is 120 Å². The number of hydrogen-bond acceptors (Lipinski definition) is 3. The SMILES string of the molecule is CNCc1c(Cl)cccc1OCCCC(C)(C)C#N. The Morgan fingerprint density at radius 2 is 2.16 bits per heavy atom. The van der Waals surface area contributed by atoms with Gasteiger partial charge in [0, 0.05) is 17.1 Å². The fraction of sp³-hybridized carbons (Fsp3) is 0.533. The summed E-state index contributed by atoms with van der Waals surface area (Å²) < 4.78 is 5.78. The number of ether oxygens (including phenoxy) is 1. The Balaban J connectivity index is 2.54. The van der Waals surface area contributed by atoms with Crippen molar-refractivity contribution in [2.45, 2.75) is 33.2 Å². The van der Waals surface area contributed by atoms with Crippen LogP contribution in [0.25, 0.3) is 0 Å². The normalized spacial score (nSPS) is 11.1. The van der Waals surface area contributed by atoms with Gasteiger partial charge in [0.05, 0.1) is 18.1 Å². The lowest BCUT2D eigenvalue weighted by Gasteiger charge is -2.16. The Bertz CT molecular complexity index is 452. The maximum absolute atomic E-state index is 8.94. The second kappa shape index (κ2) is 7.37. The van der Waals surface area contributed by atoms with Crippen LogP contribution in [0.1, 0.15) is 32.3 Å². The van der Waals surface area contributed by atoms with Crippen molar-refractivity contribution in [2.75, 3.05) is 13.7 Å². The monoisotopic (exact) mass is 280 g/mol. The maximum Gasteiger partial charge on any atom is 0.125 e. The molecule has 0 spiro atoms. The van der Waals surface area contributed by atoms with Crippen LogP contribution < -0.4 is 10.1 Å². The van der Waals surface area contributed by atoms with Crippen molar-refractivity contribution in [1.82, 2.24) is 5.32 Å². The number of nitrogens with one attached hydrogen (secondary N) is 1. The van der Waals surface area contributed by atoms with E-state index in [1.807, 2.05) is 39.1 Å². The minimum Gasteiger partial charge on any atom is -0.493 e. The molecule has 4 heteroatoms. The van der Waals surface area contributed by atoms with Gasteiger partial charge in [-0.3, -0.25) is 0 Å². The fourth-order valence-electron chi connectivity index (χ4n) is 1.77. The quantitative estimate of drug-likeness (QED) is 0.773. The second-order valence-electron chi connectivity index (χ2n) is 5.19. The van der Waals surface area contributed by atoms with Gasteiger partial charge >= 0.3 is 0 Å². The highest BCUT2D eigenvalue weighted by Crippen LogP contribution is 2.27. The molecule has 3 nitrogen and oxygen atoms in total. The Morgan fingerprint density at radius 1 is 1.42 bits per heavy atom. The van der Waals surface area contributed by atoms with Crippen LogP contribution in [-0.4, -0.2) is 13.7 Å². The van der Waals surface area contributed by atoms with Gasteiger partial charge in [0.15, 0.2) is 0 Å². The first-order chi connectivity index (χ1) is 9.00. The van der Waals surface area contributed by atoms with Gasteiger partial charge in [0.1, 0.15) is 5.75 Å². The van der Waals surface area contributed by atoms with Crippen molar-refractivity contribution in [3.8, 4) is 11.8 Å². The number of nitrogens with zero attached hydrogens (tertiary/aromatic N) is 1. The van der Waals surface area contributed by atoms with E-state index in [1.54, 1.807) is 0 Å². The summed E-state index contributed by atoms with van der Waals surface area (Å²) in [6, 6.07) is 7.96. The van der Waals surface area contributed by atoms with Gasteiger partial charge in [0.25, 0.3) is 0 Å². The highest BCUT2D eigenvalue weighted by molar-refractivity contribution is 6.31. The summed E-state index contributed by atoms with van der Waals surface area (Å²) >= 11 is 6.15. The fourth-order valence-corrected chi connectivity index (χ4v) is 2.01. The molecule has 0 aliphatic rings. The van der Waals surface area contributed by atoms with Crippen molar-refractivity contribution in [2.24, 2.45) is 5.41 Å². The van der Waals surface area contributed by atoms with E-state index >= 15 is 0 Å². The minimum absolute atomic E-state index is 0.286. The van der Waals surface area contributed by atoms with E-state index in [-0.39, 0.29) is 5.41 Å². The number of rotatable bonds is 7. The van der Waals surface area contributed by atoms with Gasteiger partial charge in [-0.25, -0.2) is 0 Å². The highest BCUT2D eigenvalue weighted by Gasteiger charge is 2.16. The van der Waals surface area contributed by atoms with E-state index in [4.69, 9.17) is 21.6 Å². The number of benzene rings is 1. The molecule has 0 amide bonds. The number of hydrogen-bond donors (Lipinski definition) is 1. The summed E-state index contributed by atoms with van der Waals surface area (Å²) in [5, 5.41) is 12.7. The molecule has 0 radical (unpaired) electrons. The zero-order valence-corrected chi connectivity index (χ0v) is 12.5. The molecule has 0 atom stereocenters. The van der Waals surface area contributed by atoms with Gasteiger partial charge in [0.2, 0.25) is 0 Å². The molecule has 0 saturated carbocycles. The predicted molar refractivity (Wildman–Crippen MR) is 78.3 cm³/mol. The largest absolute Gasteiger partial charge is 0.493 e. The van der Waals surface area contributed by atoms with Crippen molar-refractivity contribution in [1.29, 1.82) is 5.26 Å². The lowest BCUT2D eigenvalue weighted by Crippen LogP contribution is -2.11. The first-order valence-electron chi connectivity index (χ1n) is 6.46. The van der Waals surface area contributed by atoms with E-state index in [0.29, 0.717) is 18.2 Å². The standard InChI is InChI=1S/C15H21ClN2O/c1-15(2,11-17)8-5-9-19-14-7-4-6-13(16)12(14)10-18-3/h4,6-7,18H,5,8-10H2,1-3H3. The lowest BCUT2D eigenvalue weighted by atomic mass is 9.90. The number of halogens is 1. The molecule has 0 bridgehead atoms. The summed E-state index contributed by atoms with van der Waals surface area (Å²) in [5.41, 5.74) is 0.692. The number of nitriles is 1. The smallest absolute Gasteiger partial charge is 0.125 e. The second-order valence-corrected chi connectivity index (χ2v) is 5.60. The predicted octanol–water partition coefficient (Wildman–Crippen LogP) is 3.77. The summed E-state index contributed by atoms with van der Waals surface area (Å²) in [6.45, 7) is 5.17. The van der Waals surface area contributed by atoms with Crippen molar-refractivity contribution in [3.63, 3.8) is 0 Å². The zero-order valence-electron chi connectivity index (χ0n) is 11.8. The summed E-state index contributed by atoms with van der Waals surface area (Å²) in [5.74, 6) is 0.816. The average Bonchev–Trinajstić information content (AvgIpc) is 2.38. The molecular formula is C15H21ClN2O. The van der Waals surface area contributed by atoms with Gasteiger partial charge in [-0.15, -0.1) is 0 Å². The molecular weight excluding hydrogens is 260 g/mol. The topological polar surface area (TPSA) is 45.0 Å². The average molecular weight is 281 g/mol. The van der Waals surface area contributed by atoms with Crippen LogP contribution in [0.3, 0.4) is 0 Å². The van der Waals surface area contributed by atoms with Crippen LogP contribution in [0.15, 0.2) is 18.2 Å². The molecule has 0 aromatic heterocycles. The lowest BCUT2D eigenvalue weighted by molar-refractivity contribution is 0.281. The molecule has 1 rings (SSSR count). The maximum atomic E-state index is 8.94. The van der Waals surface area contributed by atoms with E-state index in [1.165, 1.54) is 0 Å². The Morgan fingerprint density at radius 3 is 2.79 bits per heavy atom. The molecule has 1 aromatic rings. The minimum atomic E-state index is -0.286. The molecule has 0 aliphatic carbocycles. The molecule has 0 unspecified atom stereocenters. The summed E-state index contributed by atoms with van der Waals surface area (Å²) in [7, 11) is 1.88. The van der Waals surface area contributed by atoms with Crippen molar-refractivity contribution >= 4 is 11.6 Å². The van der Waals surface area contributed by atoms with Crippen LogP contribution in [0, 0.1) is 16.7 Å². The van der Waals surface area contributed by atoms with Crippen molar-refractivity contribution < 1.29 is 4.74 Å². The van der Waals surface area contributed by atoms with Gasteiger partial charge in [-0.05, 0) is 45.9 Å². The van der Waals surface area contributed by atoms with Crippen LogP contribution in [-0.2, 0) is 6.54 Å². The van der Waals surface area contributed by atoms with Crippen molar-refractivity contribution in [3.05, 3.63) is 28.8 Å². The summed E-state index contributed by atoms with van der Waals surface area (Å²) in [6.07, 6.45) is 1.68. The van der Waals surface area contributed by atoms with Gasteiger partial charge in [-0.1, -0.05) is 17.7 Å². The van der Waals surface area contributed by atoms with Crippen LogP contribution in [0.2, 0.25) is 5.02 Å².